The number of halogens is 3. The number of methoxy groups -OCH3 is 1. The summed E-state index contributed by atoms with van der Waals surface area (Å²) in [7, 11) is 3.13. The number of hydrogen-bond acceptors (Lipinski definition) is 3. The van der Waals surface area contributed by atoms with Gasteiger partial charge in [0, 0.05) is 26.3 Å². The number of aromatic nitrogens is 1. The number of pyridine rings is 1. The molecule has 2 rings (SSSR count). The molecule has 5 nitrogen and oxygen atoms in total. The second-order valence-corrected chi connectivity index (χ2v) is 5.45. The second kappa shape index (κ2) is 11.1. The summed E-state index contributed by atoms with van der Waals surface area (Å²) < 4.78 is 18.6. The largest absolute Gasteiger partial charge is 0.494 e. The van der Waals surface area contributed by atoms with Crippen molar-refractivity contribution in [2.24, 2.45) is 4.99 Å². The molecule has 0 saturated heterocycles. The van der Waals surface area contributed by atoms with Crippen LogP contribution in [-0.4, -0.2) is 31.6 Å². The number of hydrogen-bond donors (Lipinski definition) is 2. The van der Waals surface area contributed by atoms with Crippen molar-refractivity contribution in [3.05, 3.63) is 58.6 Å². The van der Waals surface area contributed by atoms with Gasteiger partial charge in [-0.15, -0.1) is 24.0 Å². The van der Waals surface area contributed by atoms with Gasteiger partial charge < -0.3 is 15.4 Å². The maximum Gasteiger partial charge on any atom is 0.191 e. The molecule has 0 atom stereocenters. The minimum Gasteiger partial charge on any atom is -0.494 e. The molecule has 2 aromatic rings. The molecular weight excluding hydrogens is 458 g/mol. The number of ether oxygens (including phenoxy) is 1. The van der Waals surface area contributed by atoms with E-state index in [9.17, 15) is 4.39 Å². The van der Waals surface area contributed by atoms with Crippen LogP contribution in [0.15, 0.2) is 41.5 Å². The van der Waals surface area contributed by atoms with E-state index in [2.05, 4.69) is 20.6 Å². The van der Waals surface area contributed by atoms with Crippen LogP contribution in [0.4, 0.5) is 4.39 Å². The molecule has 0 fully saturated rings. The number of aliphatic imine (C=N–C) groups is 1. The Morgan fingerprint density at radius 3 is 2.60 bits per heavy atom. The SMILES string of the molecule is CN=C(NCCc1ccc(Cl)nc1)NCc1ccc(OC)c(F)c1.I. The molecule has 8 heteroatoms. The molecule has 1 aromatic carbocycles. The van der Waals surface area contributed by atoms with Gasteiger partial charge in [0.15, 0.2) is 17.5 Å². The Morgan fingerprint density at radius 1 is 1.24 bits per heavy atom. The predicted molar refractivity (Wildman–Crippen MR) is 110 cm³/mol. The molecule has 136 valence electrons. The van der Waals surface area contributed by atoms with Crippen LogP contribution >= 0.6 is 35.6 Å². The van der Waals surface area contributed by atoms with Gasteiger partial charge in [0.1, 0.15) is 5.15 Å². The van der Waals surface area contributed by atoms with Crippen LogP contribution in [0.3, 0.4) is 0 Å². The van der Waals surface area contributed by atoms with E-state index in [4.69, 9.17) is 16.3 Å². The summed E-state index contributed by atoms with van der Waals surface area (Å²) in [5.41, 5.74) is 1.89. The summed E-state index contributed by atoms with van der Waals surface area (Å²) in [4.78, 5) is 8.19. The Hall–Kier alpha value is -1.61. The smallest absolute Gasteiger partial charge is 0.191 e. The van der Waals surface area contributed by atoms with Gasteiger partial charge in [-0.3, -0.25) is 4.99 Å². The number of nitrogens with zero attached hydrogens (tertiary/aromatic N) is 2. The molecular formula is C17H21ClFIN4O. The summed E-state index contributed by atoms with van der Waals surface area (Å²) in [6, 6.07) is 8.56. The minimum atomic E-state index is -0.380. The highest BCUT2D eigenvalue weighted by Gasteiger charge is 2.04. The lowest BCUT2D eigenvalue weighted by molar-refractivity contribution is 0.386. The monoisotopic (exact) mass is 478 g/mol. The van der Waals surface area contributed by atoms with E-state index in [1.165, 1.54) is 13.2 Å². The average molecular weight is 479 g/mol. The van der Waals surface area contributed by atoms with E-state index in [1.807, 2.05) is 12.1 Å². The molecule has 1 heterocycles. The van der Waals surface area contributed by atoms with Gasteiger partial charge >= 0.3 is 0 Å². The van der Waals surface area contributed by atoms with E-state index in [1.54, 1.807) is 25.4 Å². The number of benzene rings is 1. The van der Waals surface area contributed by atoms with E-state index in [0.29, 0.717) is 24.2 Å². The maximum atomic E-state index is 13.7. The van der Waals surface area contributed by atoms with Gasteiger partial charge in [-0.1, -0.05) is 23.7 Å². The predicted octanol–water partition coefficient (Wildman–Crippen LogP) is 3.41. The van der Waals surface area contributed by atoms with E-state index < -0.39 is 0 Å². The van der Waals surface area contributed by atoms with Gasteiger partial charge in [0.2, 0.25) is 0 Å². The highest BCUT2D eigenvalue weighted by molar-refractivity contribution is 14.0. The maximum absolute atomic E-state index is 13.7. The van der Waals surface area contributed by atoms with Gasteiger partial charge in [0.25, 0.3) is 0 Å². The number of rotatable bonds is 6. The molecule has 0 amide bonds. The van der Waals surface area contributed by atoms with Crippen LogP contribution in [0.5, 0.6) is 5.75 Å². The summed E-state index contributed by atoms with van der Waals surface area (Å²) in [5.74, 6) is 0.501. The number of guanidine groups is 1. The fourth-order valence-corrected chi connectivity index (χ4v) is 2.22. The lowest BCUT2D eigenvalue weighted by Crippen LogP contribution is -2.37. The molecule has 0 bridgehead atoms. The highest BCUT2D eigenvalue weighted by atomic mass is 127. The van der Waals surface area contributed by atoms with Crippen LogP contribution < -0.4 is 15.4 Å². The Balaban J connectivity index is 0.00000312. The molecule has 0 unspecified atom stereocenters. The normalized spacial score (nSPS) is 10.8. The van der Waals surface area contributed by atoms with Gasteiger partial charge in [0.05, 0.1) is 7.11 Å². The molecule has 0 aliphatic rings. The topological polar surface area (TPSA) is 58.5 Å². The first-order valence-corrected chi connectivity index (χ1v) is 7.87. The molecule has 0 aliphatic carbocycles. The number of nitrogens with one attached hydrogen (secondary N) is 2. The average Bonchev–Trinajstić information content (AvgIpc) is 2.59. The zero-order chi connectivity index (χ0) is 17.4. The zero-order valence-electron chi connectivity index (χ0n) is 14.1. The van der Waals surface area contributed by atoms with Crippen LogP contribution in [0.1, 0.15) is 11.1 Å². The van der Waals surface area contributed by atoms with Crippen molar-refractivity contribution >= 4 is 41.5 Å². The standard InChI is InChI=1S/C17H20ClFN4O.HI/c1-20-17(21-8-7-12-4-6-16(18)22-10-12)23-11-13-3-5-15(24-2)14(19)9-13;/h3-6,9-10H,7-8,11H2,1-2H3,(H2,20,21,23);1H. The van der Waals surface area contributed by atoms with E-state index >= 15 is 0 Å². The van der Waals surface area contributed by atoms with Crippen LogP contribution in [0.25, 0.3) is 0 Å². The van der Waals surface area contributed by atoms with Crippen LogP contribution in [0, 0.1) is 5.82 Å². The summed E-state index contributed by atoms with van der Waals surface area (Å²) in [6.45, 7) is 1.16. The Bertz CT molecular complexity index is 698. The first-order valence-electron chi connectivity index (χ1n) is 7.49. The third-order valence-corrected chi connectivity index (χ3v) is 3.62. The molecule has 0 saturated carbocycles. The second-order valence-electron chi connectivity index (χ2n) is 5.06. The van der Waals surface area contributed by atoms with Crippen molar-refractivity contribution in [3.8, 4) is 5.75 Å². The summed E-state index contributed by atoms with van der Waals surface area (Å²) >= 11 is 5.76. The fourth-order valence-electron chi connectivity index (χ4n) is 2.11. The highest BCUT2D eigenvalue weighted by Crippen LogP contribution is 2.17. The minimum absolute atomic E-state index is 0. The fraction of sp³-hybridized carbons (Fsp3) is 0.294. The molecule has 0 radical (unpaired) electrons. The van der Waals surface area contributed by atoms with Crippen LogP contribution in [-0.2, 0) is 13.0 Å². The van der Waals surface area contributed by atoms with Crippen molar-refractivity contribution in [2.75, 3.05) is 20.7 Å². The van der Waals surface area contributed by atoms with Crippen molar-refractivity contribution in [3.63, 3.8) is 0 Å². The van der Waals surface area contributed by atoms with Crippen molar-refractivity contribution in [1.82, 2.24) is 15.6 Å². The van der Waals surface area contributed by atoms with E-state index in [0.717, 1.165) is 17.5 Å². The van der Waals surface area contributed by atoms with Gasteiger partial charge in [-0.05, 0) is 35.7 Å². The van der Waals surface area contributed by atoms with Gasteiger partial charge in [-0.2, -0.15) is 0 Å². The first-order chi connectivity index (χ1) is 11.6. The third kappa shape index (κ3) is 7.03. The molecule has 1 aromatic heterocycles. The third-order valence-electron chi connectivity index (χ3n) is 3.39. The first kappa shape index (κ1) is 21.4. The Labute approximate surface area is 169 Å². The molecule has 0 spiro atoms. The summed E-state index contributed by atoms with van der Waals surface area (Å²) in [6.07, 6.45) is 2.54. The quantitative estimate of drug-likeness (QED) is 0.289. The molecule has 25 heavy (non-hydrogen) atoms. The van der Waals surface area contributed by atoms with Crippen LogP contribution in [0.2, 0.25) is 5.15 Å². The van der Waals surface area contributed by atoms with Crippen molar-refractivity contribution in [2.45, 2.75) is 13.0 Å². The summed E-state index contributed by atoms with van der Waals surface area (Å²) in [5, 5.41) is 6.82. The Kier molecular flexibility index (Phi) is 9.51. The lowest BCUT2D eigenvalue weighted by Gasteiger charge is -2.12. The Morgan fingerprint density at radius 2 is 2.00 bits per heavy atom. The zero-order valence-corrected chi connectivity index (χ0v) is 17.1. The van der Waals surface area contributed by atoms with Crippen molar-refractivity contribution < 1.29 is 9.13 Å². The molecule has 0 aliphatic heterocycles. The molecule has 2 N–H and O–H groups in total. The van der Waals surface area contributed by atoms with Gasteiger partial charge in [-0.25, -0.2) is 9.37 Å². The van der Waals surface area contributed by atoms with Crippen molar-refractivity contribution in [1.29, 1.82) is 0 Å². The van der Waals surface area contributed by atoms with E-state index in [-0.39, 0.29) is 35.5 Å². The lowest BCUT2D eigenvalue weighted by atomic mass is 10.2.